The molecule has 1 aliphatic carbocycles. The van der Waals surface area contributed by atoms with Crippen LogP contribution < -0.4 is 0 Å². The Morgan fingerprint density at radius 3 is 2.48 bits per heavy atom. The molecule has 0 spiro atoms. The molecule has 0 bridgehead atoms. The van der Waals surface area contributed by atoms with Gasteiger partial charge in [0.1, 0.15) is 12.6 Å². The summed E-state index contributed by atoms with van der Waals surface area (Å²) in [6.07, 6.45) is 3.39. The third kappa shape index (κ3) is 6.75. The van der Waals surface area contributed by atoms with Gasteiger partial charge in [0.15, 0.2) is 0 Å². The molecule has 3 unspecified atom stereocenters. The van der Waals surface area contributed by atoms with E-state index in [9.17, 15) is 9.59 Å². The summed E-state index contributed by atoms with van der Waals surface area (Å²) in [6, 6.07) is 8.88. The predicted molar refractivity (Wildman–Crippen MR) is 118 cm³/mol. The quantitative estimate of drug-likeness (QED) is 0.484. The van der Waals surface area contributed by atoms with E-state index in [1.807, 2.05) is 30.3 Å². The number of ether oxygens (including phenoxy) is 2. The van der Waals surface area contributed by atoms with Crippen molar-refractivity contribution in [1.82, 2.24) is 4.90 Å². The Kier molecular flexibility index (Phi) is 9.50. The van der Waals surface area contributed by atoms with Gasteiger partial charge in [0.2, 0.25) is 5.91 Å². The number of benzene rings is 1. The number of carbonyl (C=O) groups is 2. The van der Waals surface area contributed by atoms with Gasteiger partial charge in [-0.05, 0) is 36.2 Å². The Morgan fingerprint density at radius 2 is 1.90 bits per heavy atom. The smallest absolute Gasteiger partial charge is 0.329 e. The van der Waals surface area contributed by atoms with Crippen molar-refractivity contribution >= 4 is 24.5 Å². The van der Waals surface area contributed by atoms with Crippen LogP contribution in [-0.4, -0.2) is 48.4 Å². The number of hydrogen-bond acceptors (Lipinski definition) is 5. The van der Waals surface area contributed by atoms with Crippen LogP contribution in [0.1, 0.15) is 45.6 Å². The number of carbonyl (C=O) groups excluding carboxylic acids is 2. The van der Waals surface area contributed by atoms with E-state index in [0.29, 0.717) is 24.3 Å². The normalized spacial score (nSPS) is 22.9. The number of methoxy groups -OCH3 is 1. The van der Waals surface area contributed by atoms with Crippen molar-refractivity contribution in [1.29, 1.82) is 0 Å². The Labute approximate surface area is 180 Å². The van der Waals surface area contributed by atoms with Gasteiger partial charge in [-0.25, -0.2) is 4.79 Å². The highest BCUT2D eigenvalue weighted by Gasteiger charge is 2.34. The van der Waals surface area contributed by atoms with Gasteiger partial charge in [-0.1, -0.05) is 57.5 Å². The molecule has 5 nitrogen and oxygen atoms in total. The zero-order valence-corrected chi connectivity index (χ0v) is 18.9. The molecular weight excluding hydrogens is 386 g/mol. The van der Waals surface area contributed by atoms with E-state index in [4.69, 9.17) is 9.47 Å². The Morgan fingerprint density at radius 1 is 1.21 bits per heavy atom. The Bertz CT molecular complexity index is 652. The van der Waals surface area contributed by atoms with Crippen LogP contribution in [-0.2, 0) is 25.6 Å². The first kappa shape index (κ1) is 23.7. The standard InChI is InChI=1S/C23H35NO4S/c1-16(2)19-11-10-17(3)12-21(19)28-14-22(25)24(20(15-29)23(26)27-4)13-18-8-6-5-7-9-18/h5-9,16-17,19-21,29H,10-15H2,1-4H3/t17?,19?,20-,21?/m0/s1. The van der Waals surface area contributed by atoms with Gasteiger partial charge in [0.25, 0.3) is 0 Å². The van der Waals surface area contributed by atoms with Gasteiger partial charge in [-0.2, -0.15) is 12.6 Å². The van der Waals surface area contributed by atoms with E-state index in [0.717, 1.165) is 18.4 Å². The highest BCUT2D eigenvalue weighted by atomic mass is 32.1. The van der Waals surface area contributed by atoms with Gasteiger partial charge in [0.05, 0.1) is 13.2 Å². The molecule has 1 aromatic rings. The average molecular weight is 422 g/mol. The maximum absolute atomic E-state index is 13.1. The number of hydrogen-bond donors (Lipinski definition) is 1. The predicted octanol–water partition coefficient (Wildman–Crippen LogP) is 3.96. The number of rotatable bonds is 9. The van der Waals surface area contributed by atoms with Crippen molar-refractivity contribution in [3.63, 3.8) is 0 Å². The molecule has 0 aliphatic heterocycles. The fourth-order valence-corrected chi connectivity index (χ4v) is 4.50. The molecule has 0 radical (unpaired) electrons. The fraction of sp³-hybridized carbons (Fsp3) is 0.652. The first-order valence-corrected chi connectivity index (χ1v) is 11.1. The third-order valence-corrected chi connectivity index (χ3v) is 6.27. The topological polar surface area (TPSA) is 55.8 Å². The molecule has 0 N–H and O–H groups in total. The van der Waals surface area contributed by atoms with Crippen molar-refractivity contribution in [2.45, 2.75) is 58.7 Å². The highest BCUT2D eigenvalue weighted by molar-refractivity contribution is 7.80. The summed E-state index contributed by atoms with van der Waals surface area (Å²) in [6.45, 7) is 6.96. The van der Waals surface area contributed by atoms with Crippen LogP contribution in [0.25, 0.3) is 0 Å². The summed E-state index contributed by atoms with van der Waals surface area (Å²) in [7, 11) is 1.33. The summed E-state index contributed by atoms with van der Waals surface area (Å²) in [4.78, 5) is 26.9. The van der Waals surface area contributed by atoms with Gasteiger partial charge in [0, 0.05) is 12.3 Å². The Balaban J connectivity index is 2.12. The number of nitrogens with zero attached hydrogens (tertiary/aromatic N) is 1. The van der Waals surface area contributed by atoms with Crippen LogP contribution in [0.2, 0.25) is 0 Å². The van der Waals surface area contributed by atoms with Crippen molar-refractivity contribution in [3.8, 4) is 0 Å². The molecule has 1 aliphatic rings. The van der Waals surface area contributed by atoms with E-state index < -0.39 is 12.0 Å². The van der Waals surface area contributed by atoms with E-state index in [-0.39, 0.29) is 24.4 Å². The molecule has 1 amide bonds. The van der Waals surface area contributed by atoms with Crippen LogP contribution in [0.5, 0.6) is 0 Å². The molecular formula is C23H35NO4S. The molecule has 0 heterocycles. The van der Waals surface area contributed by atoms with E-state index in [1.165, 1.54) is 18.4 Å². The third-order valence-electron chi connectivity index (χ3n) is 5.92. The van der Waals surface area contributed by atoms with Crippen molar-refractivity contribution in [2.75, 3.05) is 19.5 Å². The van der Waals surface area contributed by atoms with E-state index in [2.05, 4.69) is 33.4 Å². The van der Waals surface area contributed by atoms with Crippen LogP contribution in [0.4, 0.5) is 0 Å². The minimum absolute atomic E-state index is 0.0330. The monoisotopic (exact) mass is 421 g/mol. The SMILES string of the molecule is COC(=O)[C@H](CS)N(Cc1ccccc1)C(=O)COC1CC(C)CCC1C(C)C. The maximum Gasteiger partial charge on any atom is 0.329 e. The molecule has 0 aromatic heterocycles. The summed E-state index contributed by atoms with van der Waals surface area (Å²) in [5.41, 5.74) is 0.947. The second kappa shape index (κ2) is 11.6. The molecule has 1 fully saturated rings. The van der Waals surface area contributed by atoms with E-state index >= 15 is 0 Å². The second-order valence-corrected chi connectivity index (χ2v) is 8.77. The van der Waals surface area contributed by atoms with Gasteiger partial charge < -0.3 is 14.4 Å². The van der Waals surface area contributed by atoms with Crippen molar-refractivity contribution < 1.29 is 19.1 Å². The summed E-state index contributed by atoms with van der Waals surface area (Å²) in [5.74, 6) is 1.10. The molecule has 1 saturated carbocycles. The second-order valence-electron chi connectivity index (χ2n) is 8.40. The van der Waals surface area contributed by atoms with Crippen LogP contribution in [0.15, 0.2) is 30.3 Å². The molecule has 4 atom stereocenters. The van der Waals surface area contributed by atoms with Crippen LogP contribution in [0.3, 0.4) is 0 Å². The first-order chi connectivity index (χ1) is 13.9. The molecule has 29 heavy (non-hydrogen) atoms. The summed E-state index contributed by atoms with van der Waals surface area (Å²) < 4.78 is 11.1. The van der Waals surface area contributed by atoms with Crippen LogP contribution >= 0.6 is 12.6 Å². The lowest BCUT2D eigenvalue weighted by Crippen LogP contribution is -2.48. The van der Waals surface area contributed by atoms with Crippen molar-refractivity contribution in [2.24, 2.45) is 17.8 Å². The number of thiol groups is 1. The molecule has 162 valence electrons. The minimum atomic E-state index is -0.745. The largest absolute Gasteiger partial charge is 0.467 e. The number of amides is 1. The van der Waals surface area contributed by atoms with Crippen LogP contribution in [0, 0.1) is 17.8 Å². The fourth-order valence-electron chi connectivity index (χ4n) is 4.16. The first-order valence-electron chi connectivity index (χ1n) is 10.5. The lowest BCUT2D eigenvalue weighted by atomic mass is 9.75. The molecule has 0 saturated heterocycles. The van der Waals surface area contributed by atoms with Crippen molar-refractivity contribution in [3.05, 3.63) is 35.9 Å². The lowest BCUT2D eigenvalue weighted by Gasteiger charge is -2.37. The molecule has 6 heteroatoms. The average Bonchev–Trinajstić information content (AvgIpc) is 2.72. The number of esters is 1. The lowest BCUT2D eigenvalue weighted by molar-refractivity contribution is -0.156. The van der Waals surface area contributed by atoms with E-state index in [1.54, 1.807) is 0 Å². The van der Waals surface area contributed by atoms with Gasteiger partial charge in [-0.15, -0.1) is 0 Å². The zero-order chi connectivity index (χ0) is 21.4. The maximum atomic E-state index is 13.1. The summed E-state index contributed by atoms with van der Waals surface area (Å²) in [5, 5.41) is 0. The minimum Gasteiger partial charge on any atom is -0.467 e. The zero-order valence-electron chi connectivity index (χ0n) is 18.0. The molecule has 1 aromatic carbocycles. The van der Waals surface area contributed by atoms with Gasteiger partial charge in [-0.3, -0.25) is 4.79 Å². The Hall–Kier alpha value is -1.53. The highest BCUT2D eigenvalue weighted by Crippen LogP contribution is 2.35. The van der Waals surface area contributed by atoms with Gasteiger partial charge >= 0.3 is 5.97 Å². The summed E-state index contributed by atoms with van der Waals surface area (Å²) >= 11 is 4.30. The molecule has 2 rings (SSSR count).